The van der Waals surface area contributed by atoms with Crippen LogP contribution in [0.4, 0.5) is 5.69 Å². The summed E-state index contributed by atoms with van der Waals surface area (Å²) in [6.07, 6.45) is 0. The Labute approximate surface area is 184 Å². The number of nitrogens with one attached hydrogen (secondary N) is 2. The molecule has 0 bridgehead atoms. The number of hydrogen-bond donors (Lipinski definition) is 2. The first-order chi connectivity index (χ1) is 15.0. The standard InChI is InChI=1S/C24H32N4O3/c1-18(2)27-14-16-28(17-15-27)21-8-4-19(5-9-21)23(29)25-12-13-26-24(30)20-6-10-22(31-3)11-7-20/h4-11,18H,12-17H2,1-3H3,(H,25,29)(H,26,30). The van der Waals surface area contributed by atoms with Crippen LogP contribution in [-0.4, -0.2) is 69.1 Å². The zero-order valence-electron chi connectivity index (χ0n) is 18.6. The van der Waals surface area contributed by atoms with Gasteiger partial charge in [-0.05, 0) is 62.4 Å². The summed E-state index contributed by atoms with van der Waals surface area (Å²) in [7, 11) is 1.58. The number of amides is 2. The fourth-order valence-electron chi connectivity index (χ4n) is 3.62. The summed E-state index contributed by atoms with van der Waals surface area (Å²) in [6, 6.07) is 15.2. The van der Waals surface area contributed by atoms with Gasteiger partial charge in [0.25, 0.3) is 11.8 Å². The minimum absolute atomic E-state index is 0.144. The van der Waals surface area contributed by atoms with Crippen LogP contribution in [-0.2, 0) is 0 Å². The average Bonchev–Trinajstić information content (AvgIpc) is 2.81. The van der Waals surface area contributed by atoms with Crippen molar-refractivity contribution in [2.24, 2.45) is 0 Å². The van der Waals surface area contributed by atoms with E-state index in [0.29, 0.717) is 36.0 Å². The van der Waals surface area contributed by atoms with E-state index in [2.05, 4.69) is 34.3 Å². The van der Waals surface area contributed by atoms with Crippen LogP contribution in [0.2, 0.25) is 0 Å². The molecule has 0 aliphatic carbocycles. The summed E-state index contributed by atoms with van der Waals surface area (Å²) in [5.74, 6) is 0.376. The van der Waals surface area contributed by atoms with Gasteiger partial charge in [0.15, 0.2) is 0 Å². The first kappa shape index (κ1) is 22.6. The average molecular weight is 425 g/mol. The second-order valence-corrected chi connectivity index (χ2v) is 7.90. The molecule has 31 heavy (non-hydrogen) atoms. The van der Waals surface area contributed by atoms with E-state index in [1.165, 1.54) is 0 Å². The first-order valence-corrected chi connectivity index (χ1v) is 10.8. The molecule has 0 unspecified atom stereocenters. The van der Waals surface area contributed by atoms with Crippen LogP contribution in [0, 0.1) is 0 Å². The number of piperazine rings is 1. The van der Waals surface area contributed by atoms with Crippen molar-refractivity contribution in [1.29, 1.82) is 0 Å². The van der Waals surface area contributed by atoms with Crippen LogP contribution in [0.1, 0.15) is 34.6 Å². The fraction of sp³-hybridized carbons (Fsp3) is 0.417. The quantitative estimate of drug-likeness (QED) is 0.637. The lowest BCUT2D eigenvalue weighted by molar-refractivity contribution is 0.0927. The minimum Gasteiger partial charge on any atom is -0.497 e. The van der Waals surface area contributed by atoms with Crippen molar-refractivity contribution in [2.75, 3.05) is 51.3 Å². The number of carbonyl (C=O) groups excluding carboxylic acids is 2. The van der Waals surface area contributed by atoms with Crippen LogP contribution in [0.25, 0.3) is 0 Å². The Kier molecular flexibility index (Phi) is 7.89. The Morgan fingerprint density at radius 3 is 1.77 bits per heavy atom. The Bertz CT molecular complexity index is 857. The summed E-state index contributed by atoms with van der Waals surface area (Å²) in [6.45, 7) is 9.29. The lowest BCUT2D eigenvalue weighted by atomic mass is 10.1. The SMILES string of the molecule is COc1ccc(C(=O)NCCNC(=O)c2ccc(N3CCN(C(C)C)CC3)cc2)cc1. The van der Waals surface area contributed by atoms with Gasteiger partial charge in [-0.3, -0.25) is 14.5 Å². The van der Waals surface area contributed by atoms with Gasteiger partial charge in [-0.2, -0.15) is 0 Å². The summed E-state index contributed by atoms with van der Waals surface area (Å²) in [4.78, 5) is 29.3. The molecule has 1 fully saturated rings. The van der Waals surface area contributed by atoms with Gasteiger partial charge in [0, 0.05) is 62.1 Å². The summed E-state index contributed by atoms with van der Waals surface area (Å²) >= 11 is 0. The van der Waals surface area contributed by atoms with Crippen molar-refractivity contribution >= 4 is 17.5 Å². The number of anilines is 1. The van der Waals surface area contributed by atoms with Crippen LogP contribution >= 0.6 is 0 Å². The highest BCUT2D eigenvalue weighted by Crippen LogP contribution is 2.18. The van der Waals surface area contributed by atoms with Gasteiger partial charge >= 0.3 is 0 Å². The number of hydrogen-bond acceptors (Lipinski definition) is 5. The molecule has 2 amide bonds. The highest BCUT2D eigenvalue weighted by atomic mass is 16.5. The van der Waals surface area contributed by atoms with E-state index in [1.807, 2.05) is 24.3 Å². The molecule has 0 saturated carbocycles. The molecule has 2 N–H and O–H groups in total. The van der Waals surface area contributed by atoms with Crippen LogP contribution in [0.5, 0.6) is 5.75 Å². The molecule has 1 aliphatic rings. The highest BCUT2D eigenvalue weighted by molar-refractivity contribution is 5.95. The van der Waals surface area contributed by atoms with Crippen molar-refractivity contribution in [3.8, 4) is 5.75 Å². The Morgan fingerprint density at radius 1 is 0.839 bits per heavy atom. The number of rotatable bonds is 8. The van der Waals surface area contributed by atoms with Crippen molar-refractivity contribution in [2.45, 2.75) is 19.9 Å². The monoisotopic (exact) mass is 424 g/mol. The van der Waals surface area contributed by atoms with Crippen LogP contribution < -0.4 is 20.3 Å². The van der Waals surface area contributed by atoms with Gasteiger partial charge in [-0.15, -0.1) is 0 Å². The maximum absolute atomic E-state index is 12.4. The smallest absolute Gasteiger partial charge is 0.251 e. The number of ether oxygens (including phenoxy) is 1. The maximum atomic E-state index is 12.4. The largest absolute Gasteiger partial charge is 0.497 e. The fourth-order valence-corrected chi connectivity index (χ4v) is 3.62. The van der Waals surface area contributed by atoms with Crippen molar-refractivity contribution in [1.82, 2.24) is 15.5 Å². The molecule has 7 nitrogen and oxygen atoms in total. The van der Waals surface area contributed by atoms with E-state index < -0.39 is 0 Å². The molecule has 0 radical (unpaired) electrons. The third-order valence-electron chi connectivity index (χ3n) is 5.59. The van der Waals surface area contributed by atoms with Gasteiger partial charge < -0.3 is 20.3 Å². The molecule has 2 aromatic carbocycles. The van der Waals surface area contributed by atoms with E-state index in [4.69, 9.17) is 4.74 Å². The highest BCUT2D eigenvalue weighted by Gasteiger charge is 2.19. The van der Waals surface area contributed by atoms with E-state index in [-0.39, 0.29) is 11.8 Å². The van der Waals surface area contributed by atoms with Gasteiger partial charge in [0.2, 0.25) is 0 Å². The Hall–Kier alpha value is -3.06. The Balaban J connectivity index is 1.41. The predicted octanol–water partition coefficient (Wildman–Crippen LogP) is 2.39. The molecule has 2 aromatic rings. The zero-order chi connectivity index (χ0) is 22.2. The van der Waals surface area contributed by atoms with Crippen LogP contribution in [0.15, 0.2) is 48.5 Å². The molecule has 1 saturated heterocycles. The summed E-state index contributed by atoms with van der Waals surface area (Å²) in [5.41, 5.74) is 2.31. The van der Waals surface area contributed by atoms with Gasteiger partial charge in [0.05, 0.1) is 7.11 Å². The van der Waals surface area contributed by atoms with Gasteiger partial charge in [-0.1, -0.05) is 0 Å². The lowest BCUT2D eigenvalue weighted by Gasteiger charge is -2.38. The van der Waals surface area contributed by atoms with E-state index in [9.17, 15) is 9.59 Å². The zero-order valence-corrected chi connectivity index (χ0v) is 18.6. The molecular weight excluding hydrogens is 392 g/mol. The minimum atomic E-state index is -0.182. The molecule has 0 aromatic heterocycles. The van der Waals surface area contributed by atoms with Crippen molar-refractivity contribution in [3.63, 3.8) is 0 Å². The Morgan fingerprint density at radius 2 is 1.32 bits per heavy atom. The van der Waals surface area contributed by atoms with Crippen molar-refractivity contribution < 1.29 is 14.3 Å². The molecule has 166 valence electrons. The maximum Gasteiger partial charge on any atom is 0.251 e. The second-order valence-electron chi connectivity index (χ2n) is 7.90. The van der Waals surface area contributed by atoms with Gasteiger partial charge in [0.1, 0.15) is 5.75 Å². The van der Waals surface area contributed by atoms with Crippen molar-refractivity contribution in [3.05, 3.63) is 59.7 Å². The lowest BCUT2D eigenvalue weighted by Crippen LogP contribution is -2.48. The van der Waals surface area contributed by atoms with E-state index in [0.717, 1.165) is 31.9 Å². The molecule has 3 rings (SSSR count). The number of nitrogens with zero attached hydrogens (tertiary/aromatic N) is 2. The number of benzene rings is 2. The third kappa shape index (κ3) is 6.21. The van der Waals surface area contributed by atoms with E-state index in [1.54, 1.807) is 31.4 Å². The number of methoxy groups -OCH3 is 1. The van der Waals surface area contributed by atoms with Crippen LogP contribution in [0.3, 0.4) is 0 Å². The molecule has 1 aliphatic heterocycles. The van der Waals surface area contributed by atoms with Gasteiger partial charge in [-0.25, -0.2) is 0 Å². The summed E-state index contributed by atoms with van der Waals surface area (Å²) in [5, 5.41) is 5.65. The molecule has 1 heterocycles. The topological polar surface area (TPSA) is 73.9 Å². The molecular formula is C24H32N4O3. The molecule has 0 atom stereocenters. The van der Waals surface area contributed by atoms with E-state index >= 15 is 0 Å². The normalized spacial score (nSPS) is 14.4. The molecule has 0 spiro atoms. The predicted molar refractivity (Wildman–Crippen MR) is 123 cm³/mol. The second kappa shape index (κ2) is 10.8. The summed E-state index contributed by atoms with van der Waals surface area (Å²) < 4.78 is 5.09. The first-order valence-electron chi connectivity index (χ1n) is 10.8. The molecule has 7 heteroatoms. The third-order valence-corrected chi connectivity index (χ3v) is 5.59. The number of carbonyl (C=O) groups is 2.